The fourth-order valence-electron chi connectivity index (χ4n) is 1.96. The topological polar surface area (TPSA) is 71.4 Å². The lowest BCUT2D eigenvalue weighted by molar-refractivity contribution is 0.153. The molecule has 3 amide bonds. The van der Waals surface area contributed by atoms with Gasteiger partial charge in [0.2, 0.25) is 5.90 Å². The van der Waals surface area contributed by atoms with Gasteiger partial charge in [-0.15, -0.1) is 5.10 Å². The third-order valence-corrected chi connectivity index (χ3v) is 2.97. The molecule has 1 aromatic rings. The number of para-hydroxylation sites is 1. The summed E-state index contributed by atoms with van der Waals surface area (Å²) < 4.78 is 9.90. The van der Waals surface area contributed by atoms with E-state index in [-0.39, 0.29) is 13.2 Å². The summed E-state index contributed by atoms with van der Waals surface area (Å²) in [5.41, 5.74) is 1.32. The predicted octanol–water partition coefficient (Wildman–Crippen LogP) is 2.56. The van der Waals surface area contributed by atoms with E-state index in [4.69, 9.17) is 9.47 Å². The Bertz CT molecular complexity index is 585. The standard InChI is InChI=1S/C14H17N3O4/c1-4-21-14(19)17-12-8-6-5-7-11(12)9-16(13(17)18)15-10(2)20-3/h5-8H,4,9H2,1-3H3. The van der Waals surface area contributed by atoms with Crippen LogP contribution in [0.1, 0.15) is 19.4 Å². The van der Waals surface area contributed by atoms with E-state index in [1.165, 1.54) is 12.1 Å². The van der Waals surface area contributed by atoms with E-state index < -0.39 is 12.1 Å². The van der Waals surface area contributed by atoms with E-state index in [1.54, 1.807) is 26.0 Å². The number of carbonyl (C=O) groups excluding carboxylic acids is 2. The number of fused-ring (bicyclic) bond motifs is 1. The molecule has 0 bridgehead atoms. The maximum absolute atomic E-state index is 12.4. The van der Waals surface area contributed by atoms with Gasteiger partial charge in [0.25, 0.3) is 0 Å². The quantitative estimate of drug-likeness (QED) is 0.620. The first-order valence-electron chi connectivity index (χ1n) is 6.54. The number of benzene rings is 1. The molecule has 7 nitrogen and oxygen atoms in total. The van der Waals surface area contributed by atoms with Crippen molar-refractivity contribution in [3.05, 3.63) is 29.8 Å². The van der Waals surface area contributed by atoms with Crippen molar-refractivity contribution < 1.29 is 19.1 Å². The van der Waals surface area contributed by atoms with Crippen LogP contribution in [-0.2, 0) is 16.0 Å². The molecule has 1 aromatic carbocycles. The Morgan fingerprint density at radius 2 is 2.10 bits per heavy atom. The SMILES string of the molecule is CCOC(=O)N1C(=O)N(N=C(C)OC)Cc2ccccc21. The van der Waals surface area contributed by atoms with E-state index in [1.807, 2.05) is 12.1 Å². The third kappa shape index (κ3) is 2.96. The second kappa shape index (κ2) is 6.25. The molecule has 1 aliphatic rings. The first-order chi connectivity index (χ1) is 10.1. The highest BCUT2D eigenvalue weighted by Crippen LogP contribution is 2.29. The molecule has 7 heteroatoms. The predicted molar refractivity (Wildman–Crippen MR) is 77.0 cm³/mol. The minimum absolute atomic E-state index is 0.186. The van der Waals surface area contributed by atoms with Gasteiger partial charge in [-0.2, -0.15) is 4.90 Å². The Labute approximate surface area is 122 Å². The summed E-state index contributed by atoms with van der Waals surface area (Å²) in [5, 5.41) is 5.23. The van der Waals surface area contributed by atoms with E-state index in [0.717, 1.165) is 10.5 Å². The number of amides is 3. The van der Waals surface area contributed by atoms with Crippen LogP contribution in [0.3, 0.4) is 0 Å². The maximum atomic E-state index is 12.4. The zero-order valence-electron chi connectivity index (χ0n) is 12.2. The number of carbonyl (C=O) groups is 2. The second-order valence-electron chi connectivity index (χ2n) is 4.33. The van der Waals surface area contributed by atoms with Crippen LogP contribution in [0.4, 0.5) is 15.3 Å². The van der Waals surface area contributed by atoms with Crippen LogP contribution in [0.5, 0.6) is 0 Å². The molecular weight excluding hydrogens is 274 g/mol. The number of ether oxygens (including phenoxy) is 2. The van der Waals surface area contributed by atoms with Crippen LogP contribution in [0.15, 0.2) is 29.4 Å². The molecule has 0 fully saturated rings. The number of hydrogen-bond acceptors (Lipinski definition) is 5. The number of rotatable bonds is 2. The number of imide groups is 1. The molecule has 0 saturated heterocycles. The summed E-state index contributed by atoms with van der Waals surface area (Å²) in [6.07, 6.45) is -0.718. The Balaban J connectivity index is 2.42. The Kier molecular flexibility index (Phi) is 4.42. The van der Waals surface area contributed by atoms with Crippen molar-refractivity contribution in [2.24, 2.45) is 5.10 Å². The third-order valence-electron chi connectivity index (χ3n) is 2.97. The summed E-state index contributed by atoms with van der Waals surface area (Å²) in [4.78, 5) is 25.5. The lowest BCUT2D eigenvalue weighted by Gasteiger charge is -2.32. The molecule has 0 saturated carbocycles. The van der Waals surface area contributed by atoms with Crippen LogP contribution in [0.2, 0.25) is 0 Å². The van der Waals surface area contributed by atoms with Gasteiger partial charge in [0.1, 0.15) is 0 Å². The van der Waals surface area contributed by atoms with Gasteiger partial charge < -0.3 is 9.47 Å². The average molecular weight is 291 g/mol. The van der Waals surface area contributed by atoms with E-state index >= 15 is 0 Å². The summed E-state index contributed by atoms with van der Waals surface area (Å²) in [5.74, 6) is 0.325. The Morgan fingerprint density at radius 3 is 2.76 bits per heavy atom. The van der Waals surface area contributed by atoms with Gasteiger partial charge >= 0.3 is 12.1 Å². The summed E-state index contributed by atoms with van der Waals surface area (Å²) in [6.45, 7) is 3.77. The van der Waals surface area contributed by atoms with Crippen LogP contribution < -0.4 is 4.90 Å². The highest BCUT2D eigenvalue weighted by atomic mass is 16.6. The van der Waals surface area contributed by atoms with Crippen molar-refractivity contribution in [1.82, 2.24) is 5.01 Å². The molecule has 0 spiro atoms. The minimum atomic E-state index is -0.718. The van der Waals surface area contributed by atoms with Crippen molar-refractivity contribution in [1.29, 1.82) is 0 Å². The Hall–Kier alpha value is -2.57. The number of urea groups is 1. The average Bonchev–Trinajstić information content (AvgIpc) is 2.48. The fraction of sp³-hybridized carbons (Fsp3) is 0.357. The molecule has 1 heterocycles. The Morgan fingerprint density at radius 1 is 1.38 bits per heavy atom. The van der Waals surface area contributed by atoms with Gasteiger partial charge in [-0.3, -0.25) is 0 Å². The maximum Gasteiger partial charge on any atom is 0.422 e. The number of methoxy groups -OCH3 is 1. The summed E-state index contributed by atoms with van der Waals surface area (Å²) >= 11 is 0. The van der Waals surface area contributed by atoms with Gasteiger partial charge in [-0.1, -0.05) is 18.2 Å². The van der Waals surface area contributed by atoms with Gasteiger partial charge in [0.15, 0.2) is 0 Å². The van der Waals surface area contributed by atoms with Gasteiger partial charge in [-0.05, 0) is 18.6 Å². The zero-order chi connectivity index (χ0) is 15.4. The van der Waals surface area contributed by atoms with Crippen molar-refractivity contribution in [3.63, 3.8) is 0 Å². The van der Waals surface area contributed by atoms with Crippen LogP contribution >= 0.6 is 0 Å². The van der Waals surface area contributed by atoms with Gasteiger partial charge in [0.05, 0.1) is 25.9 Å². The largest absolute Gasteiger partial charge is 0.483 e. The normalized spacial score (nSPS) is 14.8. The first kappa shape index (κ1) is 14.8. The molecule has 0 unspecified atom stereocenters. The van der Waals surface area contributed by atoms with E-state index in [9.17, 15) is 9.59 Å². The molecular formula is C14H17N3O4. The van der Waals surface area contributed by atoms with E-state index in [2.05, 4.69) is 5.10 Å². The van der Waals surface area contributed by atoms with Crippen LogP contribution in [0, 0.1) is 0 Å². The molecule has 0 atom stereocenters. The second-order valence-corrected chi connectivity index (χ2v) is 4.33. The molecule has 0 aliphatic carbocycles. The number of hydrogen-bond donors (Lipinski definition) is 0. The molecule has 21 heavy (non-hydrogen) atoms. The lowest BCUT2D eigenvalue weighted by atomic mass is 10.1. The summed E-state index contributed by atoms with van der Waals surface area (Å²) in [7, 11) is 1.46. The zero-order valence-corrected chi connectivity index (χ0v) is 12.2. The van der Waals surface area contributed by atoms with Crippen LogP contribution in [0.25, 0.3) is 0 Å². The van der Waals surface area contributed by atoms with Crippen molar-refractivity contribution in [3.8, 4) is 0 Å². The first-order valence-corrected chi connectivity index (χ1v) is 6.54. The summed E-state index contributed by atoms with van der Waals surface area (Å²) in [6, 6.07) is 6.57. The highest BCUT2D eigenvalue weighted by Gasteiger charge is 2.35. The molecule has 2 rings (SSSR count). The molecule has 0 radical (unpaired) electrons. The smallest absolute Gasteiger partial charge is 0.422 e. The van der Waals surface area contributed by atoms with E-state index in [0.29, 0.717) is 11.6 Å². The van der Waals surface area contributed by atoms with Crippen molar-refractivity contribution >= 4 is 23.7 Å². The van der Waals surface area contributed by atoms with Crippen LogP contribution in [-0.4, -0.2) is 36.7 Å². The number of nitrogens with zero attached hydrogens (tertiary/aromatic N) is 3. The lowest BCUT2D eigenvalue weighted by Crippen LogP contribution is -2.48. The number of anilines is 1. The monoisotopic (exact) mass is 291 g/mol. The molecule has 1 aliphatic heterocycles. The van der Waals surface area contributed by atoms with Crippen molar-refractivity contribution in [2.75, 3.05) is 18.6 Å². The van der Waals surface area contributed by atoms with Gasteiger partial charge in [-0.25, -0.2) is 14.6 Å². The fourth-order valence-corrected chi connectivity index (χ4v) is 1.96. The number of hydrazone groups is 1. The molecule has 0 aromatic heterocycles. The molecule has 112 valence electrons. The minimum Gasteiger partial charge on any atom is -0.483 e. The van der Waals surface area contributed by atoms with Gasteiger partial charge in [0, 0.05) is 6.92 Å². The highest BCUT2D eigenvalue weighted by molar-refractivity contribution is 6.13. The van der Waals surface area contributed by atoms with Crippen molar-refractivity contribution in [2.45, 2.75) is 20.4 Å². The molecule has 0 N–H and O–H groups in total.